The average molecular weight is 491 g/mol. The van der Waals surface area contributed by atoms with Gasteiger partial charge in [-0.25, -0.2) is 9.78 Å². The van der Waals surface area contributed by atoms with Crippen LogP contribution in [-0.4, -0.2) is 54.4 Å². The second-order valence-electron chi connectivity index (χ2n) is 9.31. The summed E-state index contributed by atoms with van der Waals surface area (Å²) in [5, 5.41) is 3.02. The van der Waals surface area contributed by atoms with E-state index in [2.05, 4.69) is 15.3 Å². The largest absolute Gasteiger partial charge is 0.486 e. The third kappa shape index (κ3) is 4.02. The van der Waals surface area contributed by atoms with Crippen molar-refractivity contribution in [3.8, 4) is 17.4 Å². The third-order valence-corrected chi connectivity index (χ3v) is 7.10. The summed E-state index contributed by atoms with van der Waals surface area (Å²) in [6, 6.07) is 10.8. The van der Waals surface area contributed by atoms with E-state index in [-0.39, 0.29) is 17.9 Å². The Balaban J connectivity index is 1.12. The van der Waals surface area contributed by atoms with Gasteiger partial charge in [0, 0.05) is 24.2 Å². The van der Waals surface area contributed by atoms with Crippen molar-refractivity contribution in [2.75, 3.05) is 37.1 Å². The van der Waals surface area contributed by atoms with E-state index in [0.717, 1.165) is 0 Å². The van der Waals surface area contributed by atoms with Gasteiger partial charge < -0.3 is 24.3 Å². The minimum atomic E-state index is -0.598. The van der Waals surface area contributed by atoms with Crippen LogP contribution in [-0.2, 0) is 9.53 Å². The summed E-state index contributed by atoms with van der Waals surface area (Å²) >= 11 is 0. The lowest BCUT2D eigenvalue weighted by atomic mass is 9.78. The van der Waals surface area contributed by atoms with Gasteiger partial charge in [0.15, 0.2) is 11.5 Å². The molecule has 1 saturated carbocycles. The summed E-state index contributed by atoms with van der Waals surface area (Å²) in [5.41, 5.74) is 1.97. The molecular formula is C26H26N4O6. The van der Waals surface area contributed by atoms with Gasteiger partial charge >= 0.3 is 6.09 Å². The highest BCUT2D eigenvalue weighted by Crippen LogP contribution is 2.43. The summed E-state index contributed by atoms with van der Waals surface area (Å²) in [6.07, 6.45) is 3.73. The van der Waals surface area contributed by atoms with Gasteiger partial charge in [-0.05, 0) is 49.9 Å². The first-order valence-corrected chi connectivity index (χ1v) is 12.0. The molecule has 2 aliphatic heterocycles. The number of nitrogens with zero attached hydrogens (tertiary/aromatic N) is 3. The standard InChI is InChI=1S/C26H26N4O6/c1-33-22-5-3-18-23(29-22)19(8-11-27-18)28-24(31)16-6-9-26(10-7-16)15-30(25(32)36-26)17-2-4-20-21(14-17)35-13-12-34-20/h2-5,8,11,14,16H,6-7,9-10,12-13,15H2,1H3,(H,27,28,31)/t16-,26+. The number of amides is 2. The summed E-state index contributed by atoms with van der Waals surface area (Å²) in [7, 11) is 1.55. The first-order valence-electron chi connectivity index (χ1n) is 12.0. The Hall–Kier alpha value is -4.08. The average Bonchev–Trinajstić information content (AvgIpc) is 3.23. The highest BCUT2D eigenvalue weighted by Gasteiger charge is 2.48. The maximum absolute atomic E-state index is 13.1. The Morgan fingerprint density at radius 3 is 2.72 bits per heavy atom. The molecule has 1 saturated heterocycles. The Morgan fingerprint density at radius 2 is 1.92 bits per heavy atom. The van der Waals surface area contributed by atoms with Crippen molar-refractivity contribution in [2.24, 2.45) is 5.92 Å². The minimum Gasteiger partial charge on any atom is -0.486 e. The molecule has 1 aromatic carbocycles. The number of hydrogen-bond acceptors (Lipinski definition) is 8. The predicted molar refractivity (Wildman–Crippen MR) is 131 cm³/mol. The Labute approximate surface area is 207 Å². The highest BCUT2D eigenvalue weighted by molar-refractivity contribution is 6.00. The van der Waals surface area contributed by atoms with E-state index >= 15 is 0 Å². The van der Waals surface area contributed by atoms with E-state index in [4.69, 9.17) is 18.9 Å². The van der Waals surface area contributed by atoms with Crippen molar-refractivity contribution in [2.45, 2.75) is 31.3 Å². The third-order valence-electron chi connectivity index (χ3n) is 7.10. The van der Waals surface area contributed by atoms with Crippen LogP contribution in [0.4, 0.5) is 16.2 Å². The quantitative estimate of drug-likeness (QED) is 0.585. The molecule has 186 valence electrons. The molecule has 0 unspecified atom stereocenters. The maximum atomic E-state index is 13.1. The smallest absolute Gasteiger partial charge is 0.415 e. The number of nitrogens with one attached hydrogen (secondary N) is 1. The van der Waals surface area contributed by atoms with E-state index in [1.807, 2.05) is 24.3 Å². The molecule has 2 amide bonds. The van der Waals surface area contributed by atoms with Gasteiger partial charge in [-0.3, -0.25) is 14.7 Å². The molecule has 1 aliphatic carbocycles. The fourth-order valence-electron chi connectivity index (χ4n) is 5.14. The Morgan fingerprint density at radius 1 is 1.11 bits per heavy atom. The van der Waals surface area contributed by atoms with Crippen molar-refractivity contribution in [1.82, 2.24) is 9.97 Å². The lowest BCUT2D eigenvalue weighted by molar-refractivity contribution is -0.122. The number of benzene rings is 1. The van der Waals surface area contributed by atoms with E-state index in [0.29, 0.717) is 85.2 Å². The van der Waals surface area contributed by atoms with Crippen LogP contribution < -0.4 is 24.4 Å². The van der Waals surface area contributed by atoms with Gasteiger partial charge in [0.1, 0.15) is 24.3 Å². The van der Waals surface area contributed by atoms with Crippen LogP contribution in [0.5, 0.6) is 17.4 Å². The zero-order chi connectivity index (χ0) is 24.7. The monoisotopic (exact) mass is 490 g/mol. The zero-order valence-electron chi connectivity index (χ0n) is 19.9. The minimum absolute atomic E-state index is 0.0741. The molecule has 2 fully saturated rings. The summed E-state index contributed by atoms with van der Waals surface area (Å²) < 4.78 is 22.3. The zero-order valence-corrected chi connectivity index (χ0v) is 19.9. The fourth-order valence-corrected chi connectivity index (χ4v) is 5.14. The number of hydrogen-bond donors (Lipinski definition) is 1. The van der Waals surface area contributed by atoms with Gasteiger partial charge in [-0.1, -0.05) is 0 Å². The van der Waals surface area contributed by atoms with Crippen molar-refractivity contribution < 1.29 is 28.5 Å². The molecule has 10 heteroatoms. The van der Waals surface area contributed by atoms with E-state index in [1.54, 1.807) is 30.3 Å². The number of pyridine rings is 2. The van der Waals surface area contributed by atoms with Crippen molar-refractivity contribution in [3.63, 3.8) is 0 Å². The summed E-state index contributed by atoms with van der Waals surface area (Å²) in [6.45, 7) is 1.43. The Kier molecular flexibility index (Phi) is 5.50. The van der Waals surface area contributed by atoms with E-state index < -0.39 is 5.60 Å². The number of ether oxygens (including phenoxy) is 4. The van der Waals surface area contributed by atoms with E-state index in [9.17, 15) is 9.59 Å². The number of aromatic nitrogens is 2. The van der Waals surface area contributed by atoms with Crippen molar-refractivity contribution >= 4 is 34.4 Å². The second kappa shape index (κ2) is 8.85. The molecule has 3 aromatic rings. The molecule has 3 aliphatic rings. The fraction of sp³-hybridized carbons (Fsp3) is 0.385. The molecule has 6 rings (SSSR count). The van der Waals surface area contributed by atoms with Crippen LogP contribution in [0.1, 0.15) is 25.7 Å². The van der Waals surface area contributed by atoms with Crippen LogP contribution in [0.2, 0.25) is 0 Å². The highest BCUT2D eigenvalue weighted by atomic mass is 16.6. The van der Waals surface area contributed by atoms with Crippen LogP contribution in [0, 0.1) is 5.92 Å². The number of carbonyl (C=O) groups is 2. The number of fused-ring (bicyclic) bond motifs is 2. The lowest BCUT2D eigenvalue weighted by Gasteiger charge is -2.34. The normalized spacial score (nSPS) is 23.0. The number of carbonyl (C=O) groups excluding carboxylic acids is 2. The van der Waals surface area contributed by atoms with Gasteiger partial charge in [0.2, 0.25) is 11.8 Å². The van der Waals surface area contributed by atoms with Gasteiger partial charge in [-0.2, -0.15) is 0 Å². The molecule has 0 atom stereocenters. The predicted octanol–water partition coefficient (Wildman–Crippen LogP) is 3.93. The number of anilines is 2. The molecule has 0 bridgehead atoms. The number of methoxy groups -OCH3 is 1. The number of rotatable bonds is 4. The molecule has 10 nitrogen and oxygen atoms in total. The molecule has 0 radical (unpaired) electrons. The van der Waals surface area contributed by atoms with E-state index in [1.165, 1.54) is 0 Å². The molecule has 1 spiro atoms. The molecule has 2 aromatic heterocycles. The molecular weight excluding hydrogens is 464 g/mol. The van der Waals surface area contributed by atoms with Crippen LogP contribution in [0.3, 0.4) is 0 Å². The maximum Gasteiger partial charge on any atom is 0.415 e. The topological polar surface area (TPSA) is 112 Å². The lowest BCUT2D eigenvalue weighted by Crippen LogP contribution is -2.41. The first-order chi connectivity index (χ1) is 17.5. The van der Waals surface area contributed by atoms with Crippen molar-refractivity contribution in [3.05, 3.63) is 42.6 Å². The summed E-state index contributed by atoms with van der Waals surface area (Å²) in [4.78, 5) is 36.3. The van der Waals surface area contributed by atoms with Crippen LogP contribution in [0.15, 0.2) is 42.6 Å². The summed E-state index contributed by atoms with van der Waals surface area (Å²) in [5.74, 6) is 1.50. The van der Waals surface area contributed by atoms with Crippen LogP contribution >= 0.6 is 0 Å². The van der Waals surface area contributed by atoms with Gasteiger partial charge in [0.25, 0.3) is 0 Å². The van der Waals surface area contributed by atoms with Crippen LogP contribution in [0.25, 0.3) is 11.0 Å². The SMILES string of the molecule is COc1ccc2nccc(NC(=O)[C@H]3CC[C@@]4(CC3)CN(c3ccc5c(c3)OCCO5)C(=O)O4)c2n1. The van der Waals surface area contributed by atoms with Crippen molar-refractivity contribution in [1.29, 1.82) is 0 Å². The molecule has 1 N–H and O–H groups in total. The van der Waals surface area contributed by atoms with Gasteiger partial charge in [-0.15, -0.1) is 0 Å². The van der Waals surface area contributed by atoms with Gasteiger partial charge in [0.05, 0.1) is 30.5 Å². The second-order valence-corrected chi connectivity index (χ2v) is 9.31. The molecule has 4 heterocycles. The molecule has 36 heavy (non-hydrogen) atoms. The first kappa shape index (κ1) is 22.4. The Bertz CT molecular complexity index is 1340.